The first-order valence-electron chi connectivity index (χ1n) is 6.69. The summed E-state index contributed by atoms with van der Waals surface area (Å²) in [7, 11) is 1.86. The van der Waals surface area contributed by atoms with Crippen molar-refractivity contribution in [3.63, 3.8) is 0 Å². The number of nitrogens with zero attached hydrogens (tertiary/aromatic N) is 2. The molecule has 0 amide bonds. The molecular weight excluding hydrogens is 272 g/mol. The third-order valence-electron chi connectivity index (χ3n) is 3.36. The lowest BCUT2D eigenvalue weighted by molar-refractivity contribution is 0.427. The van der Waals surface area contributed by atoms with Crippen molar-refractivity contribution >= 4 is 11.6 Å². The molecule has 0 unspecified atom stereocenters. The van der Waals surface area contributed by atoms with Crippen LogP contribution in [0.4, 0.5) is 0 Å². The molecule has 0 fully saturated rings. The van der Waals surface area contributed by atoms with Crippen molar-refractivity contribution in [2.75, 3.05) is 0 Å². The maximum Gasteiger partial charge on any atom is 0.222 e. The number of rotatable bonds is 3. The van der Waals surface area contributed by atoms with Gasteiger partial charge in [0.25, 0.3) is 0 Å². The summed E-state index contributed by atoms with van der Waals surface area (Å²) in [6.45, 7) is 8.52. The maximum absolute atomic E-state index is 5.97. The van der Waals surface area contributed by atoms with Gasteiger partial charge in [-0.25, -0.2) is 4.68 Å². The summed E-state index contributed by atoms with van der Waals surface area (Å²) in [5, 5.41) is 4.34. The molecule has 1 aromatic carbocycles. The van der Waals surface area contributed by atoms with Gasteiger partial charge in [-0.05, 0) is 30.0 Å². The van der Waals surface area contributed by atoms with Gasteiger partial charge in [0.2, 0.25) is 5.88 Å². The van der Waals surface area contributed by atoms with Crippen LogP contribution in [0.25, 0.3) is 0 Å². The van der Waals surface area contributed by atoms with Gasteiger partial charge in [0, 0.05) is 7.05 Å². The van der Waals surface area contributed by atoms with Crippen LogP contribution in [0.1, 0.15) is 37.6 Å². The first kappa shape index (κ1) is 14.9. The number of hydrogen-bond acceptors (Lipinski definition) is 2. The van der Waals surface area contributed by atoms with E-state index in [2.05, 4.69) is 38.0 Å². The predicted molar refractivity (Wildman–Crippen MR) is 82.7 cm³/mol. The molecule has 0 aliphatic carbocycles. The number of benzene rings is 1. The van der Waals surface area contributed by atoms with E-state index in [-0.39, 0.29) is 5.41 Å². The molecule has 0 N–H and O–H groups in total. The summed E-state index contributed by atoms with van der Waals surface area (Å²) in [5.41, 5.74) is 3.27. The lowest BCUT2D eigenvalue weighted by Crippen LogP contribution is -2.10. The van der Waals surface area contributed by atoms with Gasteiger partial charge >= 0.3 is 0 Å². The topological polar surface area (TPSA) is 27.1 Å². The largest absolute Gasteiger partial charge is 0.439 e. The van der Waals surface area contributed by atoms with Crippen LogP contribution in [0.5, 0.6) is 11.6 Å². The van der Waals surface area contributed by atoms with Gasteiger partial charge < -0.3 is 4.74 Å². The van der Waals surface area contributed by atoms with E-state index in [1.165, 1.54) is 5.56 Å². The third kappa shape index (κ3) is 2.98. The Morgan fingerprint density at radius 1 is 1.20 bits per heavy atom. The number of ether oxygens (including phenoxy) is 1. The van der Waals surface area contributed by atoms with Crippen molar-refractivity contribution in [3.05, 3.63) is 41.1 Å². The van der Waals surface area contributed by atoms with Crippen LogP contribution in [-0.2, 0) is 18.3 Å². The van der Waals surface area contributed by atoms with Crippen molar-refractivity contribution < 1.29 is 4.74 Å². The summed E-state index contributed by atoms with van der Waals surface area (Å²) in [5.74, 6) is 1.91. The monoisotopic (exact) mass is 292 g/mol. The first-order chi connectivity index (χ1) is 9.32. The number of hydrogen-bond donors (Lipinski definition) is 0. The Morgan fingerprint density at radius 2 is 1.80 bits per heavy atom. The molecule has 0 spiro atoms. The van der Waals surface area contributed by atoms with Crippen LogP contribution in [0.15, 0.2) is 24.3 Å². The van der Waals surface area contributed by atoms with Gasteiger partial charge in [0.1, 0.15) is 5.75 Å². The van der Waals surface area contributed by atoms with Gasteiger partial charge in [-0.2, -0.15) is 5.10 Å². The maximum atomic E-state index is 5.97. The first-order valence-corrected chi connectivity index (χ1v) is 7.23. The fraction of sp³-hybridized carbons (Fsp3) is 0.438. The molecule has 2 aromatic rings. The number of aryl methyl sites for hydroxylation is 2. The SMILES string of the molecule is Cc1nn(C)c(Oc2ccc(C(C)(C)C)cc2)c1CCl. The highest BCUT2D eigenvalue weighted by molar-refractivity contribution is 6.17. The Kier molecular flexibility index (Phi) is 4.09. The summed E-state index contributed by atoms with van der Waals surface area (Å²) in [6, 6.07) is 8.17. The van der Waals surface area contributed by atoms with E-state index < -0.39 is 0 Å². The van der Waals surface area contributed by atoms with E-state index in [4.69, 9.17) is 16.3 Å². The molecule has 4 heteroatoms. The summed E-state index contributed by atoms with van der Waals surface area (Å²) in [4.78, 5) is 0. The van der Waals surface area contributed by atoms with E-state index in [0.29, 0.717) is 11.8 Å². The van der Waals surface area contributed by atoms with Gasteiger partial charge in [0.15, 0.2) is 0 Å². The van der Waals surface area contributed by atoms with Crippen molar-refractivity contribution in [3.8, 4) is 11.6 Å². The van der Waals surface area contributed by atoms with Gasteiger partial charge in [-0.3, -0.25) is 0 Å². The van der Waals surface area contributed by atoms with Crippen LogP contribution in [0.3, 0.4) is 0 Å². The van der Waals surface area contributed by atoms with E-state index in [0.717, 1.165) is 17.0 Å². The molecule has 3 nitrogen and oxygen atoms in total. The van der Waals surface area contributed by atoms with E-state index >= 15 is 0 Å². The molecule has 108 valence electrons. The molecule has 0 saturated carbocycles. The molecule has 0 saturated heterocycles. The van der Waals surface area contributed by atoms with E-state index in [1.807, 2.05) is 26.1 Å². The zero-order chi connectivity index (χ0) is 14.9. The van der Waals surface area contributed by atoms with Crippen LogP contribution in [0.2, 0.25) is 0 Å². The molecular formula is C16H21ClN2O. The molecule has 1 heterocycles. The highest BCUT2D eigenvalue weighted by Crippen LogP contribution is 2.30. The van der Waals surface area contributed by atoms with Crippen molar-refractivity contribution in [1.29, 1.82) is 0 Å². The van der Waals surface area contributed by atoms with E-state index in [9.17, 15) is 0 Å². The van der Waals surface area contributed by atoms with Crippen LogP contribution in [0, 0.1) is 6.92 Å². The zero-order valence-electron chi connectivity index (χ0n) is 12.7. The standard InChI is InChI=1S/C16H21ClN2O/c1-11-14(10-17)15(19(5)18-11)20-13-8-6-12(7-9-13)16(2,3)4/h6-9H,10H2,1-5H3. The molecule has 2 rings (SSSR count). The van der Waals surface area contributed by atoms with Crippen LogP contribution < -0.4 is 4.74 Å². The van der Waals surface area contributed by atoms with Crippen molar-refractivity contribution in [2.45, 2.75) is 39.0 Å². The van der Waals surface area contributed by atoms with Crippen LogP contribution >= 0.6 is 11.6 Å². The second kappa shape index (κ2) is 5.49. The normalized spacial score (nSPS) is 11.7. The second-order valence-electron chi connectivity index (χ2n) is 6.00. The molecule has 0 aliphatic heterocycles. The minimum absolute atomic E-state index is 0.142. The number of alkyl halides is 1. The minimum atomic E-state index is 0.142. The number of aromatic nitrogens is 2. The van der Waals surface area contributed by atoms with Gasteiger partial charge in [0.05, 0.1) is 17.1 Å². The Bertz CT molecular complexity index is 594. The second-order valence-corrected chi connectivity index (χ2v) is 6.27. The predicted octanol–water partition coefficient (Wildman–Crippen LogP) is 4.56. The highest BCUT2D eigenvalue weighted by atomic mass is 35.5. The average Bonchev–Trinajstić information content (AvgIpc) is 2.63. The number of halogens is 1. The van der Waals surface area contributed by atoms with Gasteiger partial charge in [-0.1, -0.05) is 32.9 Å². The van der Waals surface area contributed by atoms with Crippen LogP contribution in [-0.4, -0.2) is 9.78 Å². The summed E-state index contributed by atoms with van der Waals surface area (Å²) >= 11 is 5.97. The van der Waals surface area contributed by atoms with E-state index in [1.54, 1.807) is 4.68 Å². The molecule has 20 heavy (non-hydrogen) atoms. The Labute approximate surface area is 125 Å². The Hall–Kier alpha value is -1.48. The molecule has 0 radical (unpaired) electrons. The molecule has 0 atom stereocenters. The lowest BCUT2D eigenvalue weighted by Gasteiger charge is -2.19. The Morgan fingerprint density at radius 3 is 2.30 bits per heavy atom. The van der Waals surface area contributed by atoms with Crippen molar-refractivity contribution in [2.24, 2.45) is 7.05 Å². The summed E-state index contributed by atoms with van der Waals surface area (Å²) in [6.07, 6.45) is 0. The zero-order valence-corrected chi connectivity index (χ0v) is 13.5. The molecule has 0 aliphatic rings. The molecule has 0 bridgehead atoms. The highest BCUT2D eigenvalue weighted by Gasteiger charge is 2.16. The smallest absolute Gasteiger partial charge is 0.222 e. The Balaban J connectivity index is 2.27. The fourth-order valence-electron chi connectivity index (χ4n) is 2.10. The molecule has 1 aromatic heterocycles. The third-order valence-corrected chi connectivity index (χ3v) is 3.62. The average molecular weight is 293 g/mol. The summed E-state index contributed by atoms with van der Waals surface area (Å²) < 4.78 is 7.66. The minimum Gasteiger partial charge on any atom is -0.439 e. The van der Waals surface area contributed by atoms with Crippen molar-refractivity contribution in [1.82, 2.24) is 9.78 Å². The lowest BCUT2D eigenvalue weighted by atomic mass is 9.87. The fourth-order valence-corrected chi connectivity index (χ4v) is 2.40. The quantitative estimate of drug-likeness (QED) is 0.776. The van der Waals surface area contributed by atoms with Gasteiger partial charge in [-0.15, -0.1) is 11.6 Å².